The molecule has 40 heavy (non-hydrogen) atoms. The summed E-state index contributed by atoms with van der Waals surface area (Å²) in [6.07, 6.45) is 1.85. The van der Waals surface area contributed by atoms with Crippen LogP contribution in [-0.4, -0.2) is 54.9 Å². The fourth-order valence-electron chi connectivity index (χ4n) is 4.26. The average molecular weight is 580 g/mol. The van der Waals surface area contributed by atoms with Crippen molar-refractivity contribution >= 4 is 38.7 Å². The maximum atomic E-state index is 13.1. The zero-order valence-electron chi connectivity index (χ0n) is 23.1. The number of aromatic nitrogens is 2. The number of para-hydroxylation sites is 1. The maximum absolute atomic E-state index is 13.1. The number of aryl methyl sites for hydroxylation is 1. The first-order valence-corrected chi connectivity index (χ1v) is 14.6. The number of hydrogen-bond donors (Lipinski definition) is 2. The van der Waals surface area contributed by atoms with Gasteiger partial charge in [-0.2, -0.15) is 9.40 Å². The van der Waals surface area contributed by atoms with Gasteiger partial charge in [-0.05, 0) is 67.2 Å². The minimum atomic E-state index is -3.62. The van der Waals surface area contributed by atoms with Crippen molar-refractivity contribution in [3.63, 3.8) is 0 Å². The van der Waals surface area contributed by atoms with E-state index in [4.69, 9.17) is 26.8 Å². The van der Waals surface area contributed by atoms with Gasteiger partial charge in [0.15, 0.2) is 16.6 Å². The lowest BCUT2D eigenvalue weighted by Gasteiger charge is -2.20. The lowest BCUT2D eigenvalue weighted by atomic mass is 10.1. The number of thiocarbonyl (C=S) groups is 1. The SMILES string of the molecule is CCN(CC)S(=O)(=O)c1ccc(C)c(NC(=S)Nc2cn(-c3ccccc3)nc2-c2ccc(OC)c(OC)c2)c1. The second-order valence-electron chi connectivity index (χ2n) is 8.89. The number of hydrogen-bond acceptors (Lipinski definition) is 6. The van der Waals surface area contributed by atoms with Crippen LogP contribution < -0.4 is 20.1 Å². The monoisotopic (exact) mass is 579 g/mol. The molecule has 2 N–H and O–H groups in total. The first kappa shape index (κ1) is 29.1. The number of anilines is 2. The van der Waals surface area contributed by atoms with Crippen LogP contribution in [0.3, 0.4) is 0 Å². The van der Waals surface area contributed by atoms with E-state index < -0.39 is 10.0 Å². The summed E-state index contributed by atoms with van der Waals surface area (Å²) in [4.78, 5) is 0.204. The van der Waals surface area contributed by atoms with Gasteiger partial charge in [0.25, 0.3) is 0 Å². The summed E-state index contributed by atoms with van der Waals surface area (Å²) >= 11 is 5.67. The molecule has 0 radical (unpaired) electrons. The number of methoxy groups -OCH3 is 2. The van der Waals surface area contributed by atoms with Crippen molar-refractivity contribution < 1.29 is 17.9 Å². The third-order valence-corrected chi connectivity index (χ3v) is 8.69. The molecule has 0 aliphatic heterocycles. The predicted octanol–water partition coefficient (Wildman–Crippen LogP) is 5.70. The van der Waals surface area contributed by atoms with Gasteiger partial charge in [0.1, 0.15) is 5.69 Å². The van der Waals surface area contributed by atoms with Crippen molar-refractivity contribution in [2.45, 2.75) is 25.7 Å². The first-order chi connectivity index (χ1) is 19.2. The molecule has 0 bridgehead atoms. The molecule has 0 amide bonds. The molecule has 0 saturated carbocycles. The normalized spacial score (nSPS) is 11.3. The highest BCUT2D eigenvalue weighted by atomic mass is 32.2. The molecular formula is C29H33N5O4S2. The zero-order chi connectivity index (χ0) is 28.9. The molecule has 11 heteroatoms. The van der Waals surface area contributed by atoms with Crippen molar-refractivity contribution in [2.75, 3.05) is 37.9 Å². The first-order valence-electron chi connectivity index (χ1n) is 12.8. The van der Waals surface area contributed by atoms with Crippen molar-refractivity contribution in [3.05, 3.63) is 78.5 Å². The Morgan fingerprint density at radius 3 is 2.25 bits per heavy atom. The zero-order valence-corrected chi connectivity index (χ0v) is 24.8. The van der Waals surface area contributed by atoms with E-state index >= 15 is 0 Å². The van der Waals surface area contributed by atoms with Crippen molar-refractivity contribution in [2.24, 2.45) is 0 Å². The molecule has 4 rings (SSSR count). The van der Waals surface area contributed by atoms with Gasteiger partial charge >= 0.3 is 0 Å². The molecule has 0 atom stereocenters. The highest BCUT2D eigenvalue weighted by Crippen LogP contribution is 2.35. The Labute approximate surface area is 240 Å². The van der Waals surface area contributed by atoms with Gasteiger partial charge in [0, 0.05) is 24.3 Å². The fourth-order valence-corrected chi connectivity index (χ4v) is 5.96. The topological polar surface area (TPSA) is 97.7 Å². The van der Waals surface area contributed by atoms with E-state index in [0.717, 1.165) is 16.8 Å². The van der Waals surface area contributed by atoms with Crippen LogP contribution >= 0.6 is 12.2 Å². The van der Waals surface area contributed by atoms with Gasteiger partial charge < -0.3 is 20.1 Å². The van der Waals surface area contributed by atoms with Gasteiger partial charge in [0.05, 0.1) is 36.7 Å². The van der Waals surface area contributed by atoms with Crippen LogP contribution in [-0.2, 0) is 10.0 Å². The van der Waals surface area contributed by atoms with E-state index in [2.05, 4.69) is 10.6 Å². The minimum Gasteiger partial charge on any atom is -0.493 e. The van der Waals surface area contributed by atoms with E-state index in [0.29, 0.717) is 41.7 Å². The Balaban J connectivity index is 1.68. The molecular weight excluding hydrogens is 546 g/mol. The van der Waals surface area contributed by atoms with Crippen molar-refractivity contribution in [1.29, 1.82) is 0 Å². The standard InChI is InChI=1S/C29H33N5O4S2/c1-6-33(7-2)40(35,36)23-15-13-20(3)24(18-23)30-29(39)31-25-19-34(22-11-9-8-10-12-22)32-28(25)21-14-16-26(37-4)27(17-21)38-5/h8-19H,6-7H2,1-5H3,(H2,30,31,39). The number of nitrogens with one attached hydrogen (secondary N) is 2. The Hall–Kier alpha value is -3.93. The summed E-state index contributed by atoms with van der Waals surface area (Å²) in [6.45, 7) is 6.30. The molecule has 0 unspecified atom stereocenters. The summed E-state index contributed by atoms with van der Waals surface area (Å²) in [5.74, 6) is 1.18. The number of benzene rings is 3. The van der Waals surface area contributed by atoms with Gasteiger partial charge in [-0.25, -0.2) is 13.1 Å². The Morgan fingerprint density at radius 1 is 0.925 bits per heavy atom. The molecule has 0 spiro atoms. The van der Waals surface area contributed by atoms with Crippen LogP contribution in [0.15, 0.2) is 77.8 Å². The summed E-state index contributed by atoms with van der Waals surface area (Å²) in [5.41, 5.74) is 4.40. The summed E-state index contributed by atoms with van der Waals surface area (Å²) in [5, 5.41) is 11.5. The van der Waals surface area contributed by atoms with Gasteiger partial charge in [-0.3, -0.25) is 0 Å². The van der Waals surface area contributed by atoms with E-state index in [9.17, 15) is 8.42 Å². The number of rotatable bonds is 10. The van der Waals surface area contributed by atoms with E-state index in [1.54, 1.807) is 37.1 Å². The average Bonchev–Trinajstić information content (AvgIpc) is 3.38. The van der Waals surface area contributed by atoms with E-state index in [-0.39, 0.29) is 10.0 Å². The third-order valence-electron chi connectivity index (χ3n) is 6.44. The quantitative estimate of drug-likeness (QED) is 0.231. The molecule has 0 aliphatic carbocycles. The predicted molar refractivity (Wildman–Crippen MR) is 163 cm³/mol. The van der Waals surface area contributed by atoms with Crippen molar-refractivity contribution in [3.8, 4) is 28.4 Å². The molecule has 210 valence electrons. The maximum Gasteiger partial charge on any atom is 0.243 e. The van der Waals surface area contributed by atoms with Crippen molar-refractivity contribution in [1.82, 2.24) is 14.1 Å². The lowest BCUT2D eigenvalue weighted by molar-refractivity contribution is 0.355. The van der Waals surface area contributed by atoms with Crippen LogP contribution in [0.4, 0.5) is 11.4 Å². The van der Waals surface area contributed by atoms with Crippen LogP contribution in [0.5, 0.6) is 11.5 Å². The highest BCUT2D eigenvalue weighted by molar-refractivity contribution is 7.89. The largest absolute Gasteiger partial charge is 0.493 e. The number of sulfonamides is 1. The van der Waals surface area contributed by atoms with E-state index in [1.807, 2.05) is 75.5 Å². The van der Waals surface area contributed by atoms with Gasteiger partial charge in [-0.1, -0.05) is 38.1 Å². The van der Waals surface area contributed by atoms with Gasteiger partial charge in [-0.15, -0.1) is 0 Å². The molecule has 0 aliphatic rings. The second-order valence-corrected chi connectivity index (χ2v) is 11.2. The smallest absolute Gasteiger partial charge is 0.243 e. The molecule has 0 fully saturated rings. The summed E-state index contributed by atoms with van der Waals surface area (Å²) < 4.78 is 40.3. The molecule has 3 aromatic carbocycles. The number of ether oxygens (including phenoxy) is 2. The Morgan fingerprint density at radius 2 is 1.60 bits per heavy atom. The molecule has 0 saturated heterocycles. The minimum absolute atomic E-state index is 0.204. The molecule has 1 heterocycles. The van der Waals surface area contributed by atoms with Crippen LogP contribution in [0.2, 0.25) is 0 Å². The molecule has 1 aromatic heterocycles. The van der Waals surface area contributed by atoms with Crippen LogP contribution in [0.1, 0.15) is 19.4 Å². The van der Waals surface area contributed by atoms with Crippen LogP contribution in [0.25, 0.3) is 16.9 Å². The second kappa shape index (κ2) is 12.5. The Bertz CT molecular complexity index is 1600. The van der Waals surface area contributed by atoms with Gasteiger partial charge in [0.2, 0.25) is 10.0 Å². The lowest BCUT2D eigenvalue weighted by Crippen LogP contribution is -2.30. The third kappa shape index (κ3) is 6.11. The van der Waals surface area contributed by atoms with Crippen LogP contribution in [0, 0.1) is 6.92 Å². The fraction of sp³-hybridized carbons (Fsp3) is 0.241. The Kier molecular flexibility index (Phi) is 9.08. The summed E-state index contributed by atoms with van der Waals surface area (Å²) in [6, 6.07) is 20.3. The van der Waals surface area contributed by atoms with E-state index in [1.165, 1.54) is 4.31 Å². The highest BCUT2D eigenvalue weighted by Gasteiger charge is 2.23. The summed E-state index contributed by atoms with van der Waals surface area (Å²) in [7, 11) is -0.454. The molecule has 9 nitrogen and oxygen atoms in total. The molecule has 4 aromatic rings. The number of nitrogens with zero attached hydrogens (tertiary/aromatic N) is 3.